The van der Waals surface area contributed by atoms with Gasteiger partial charge < -0.3 is 14.4 Å². The molecule has 1 fully saturated rings. The first-order valence-corrected chi connectivity index (χ1v) is 10.7. The number of rotatable bonds is 9. The lowest BCUT2D eigenvalue weighted by Gasteiger charge is -2.29. The Morgan fingerprint density at radius 1 is 1.26 bits per heavy atom. The molecule has 0 aliphatic carbocycles. The summed E-state index contributed by atoms with van der Waals surface area (Å²) in [6, 6.07) is 7.01. The van der Waals surface area contributed by atoms with Crippen molar-refractivity contribution < 1.29 is 19.1 Å². The first-order chi connectivity index (χ1) is 13.0. The van der Waals surface area contributed by atoms with Crippen molar-refractivity contribution in [2.45, 2.75) is 57.9 Å². The van der Waals surface area contributed by atoms with E-state index in [2.05, 4.69) is 20.8 Å². The molecule has 1 aliphatic rings. The van der Waals surface area contributed by atoms with E-state index in [1.165, 1.54) is 0 Å². The minimum absolute atomic E-state index is 0.0201. The summed E-state index contributed by atoms with van der Waals surface area (Å²) in [6.07, 6.45) is 2.97. The second kappa shape index (κ2) is 10.6. The minimum atomic E-state index is -0.485. The number of thioether (sulfide) groups is 1. The Hall–Kier alpha value is -1.69. The van der Waals surface area contributed by atoms with E-state index in [4.69, 9.17) is 9.47 Å². The van der Waals surface area contributed by atoms with Gasteiger partial charge in [0.05, 0.1) is 25.5 Å². The molecule has 2 rings (SSSR count). The fraction of sp³-hybridized carbons (Fsp3) is 0.619. The zero-order chi connectivity index (χ0) is 19.8. The molecule has 1 aromatic rings. The molecule has 1 amide bonds. The molecule has 1 aliphatic heterocycles. The molecule has 1 heterocycles. The van der Waals surface area contributed by atoms with Gasteiger partial charge in [-0.25, -0.2) is 4.79 Å². The van der Waals surface area contributed by atoms with Gasteiger partial charge >= 0.3 is 5.97 Å². The van der Waals surface area contributed by atoms with Gasteiger partial charge in [-0.3, -0.25) is 4.79 Å². The van der Waals surface area contributed by atoms with Gasteiger partial charge in [-0.05, 0) is 36.5 Å². The Balaban J connectivity index is 2.10. The van der Waals surface area contributed by atoms with Gasteiger partial charge in [0.25, 0.3) is 0 Å². The van der Waals surface area contributed by atoms with Crippen molar-refractivity contribution in [3.8, 4) is 5.75 Å². The number of ether oxygens (including phenoxy) is 2. The summed E-state index contributed by atoms with van der Waals surface area (Å²) in [5.74, 6) is 1.53. The molecule has 2 atom stereocenters. The zero-order valence-corrected chi connectivity index (χ0v) is 17.6. The smallest absolute Gasteiger partial charge is 0.329 e. The van der Waals surface area contributed by atoms with Crippen LogP contribution in [-0.2, 0) is 20.7 Å². The second-order valence-corrected chi connectivity index (χ2v) is 8.49. The molecule has 0 radical (unpaired) electrons. The quantitative estimate of drug-likeness (QED) is 0.470. The first-order valence-electron chi connectivity index (χ1n) is 9.68. The van der Waals surface area contributed by atoms with Crippen LogP contribution in [0.25, 0.3) is 0 Å². The molecule has 27 heavy (non-hydrogen) atoms. The van der Waals surface area contributed by atoms with Crippen molar-refractivity contribution in [1.29, 1.82) is 0 Å². The van der Waals surface area contributed by atoms with E-state index in [0.717, 1.165) is 30.6 Å². The molecule has 0 bridgehead atoms. The summed E-state index contributed by atoms with van der Waals surface area (Å²) in [6.45, 7) is 6.76. The topological polar surface area (TPSA) is 55.8 Å². The Morgan fingerprint density at radius 3 is 2.56 bits per heavy atom. The van der Waals surface area contributed by atoms with E-state index >= 15 is 0 Å². The van der Waals surface area contributed by atoms with Crippen molar-refractivity contribution in [1.82, 2.24) is 4.90 Å². The fourth-order valence-electron chi connectivity index (χ4n) is 3.09. The average Bonchev–Trinajstić information content (AvgIpc) is 3.05. The van der Waals surface area contributed by atoms with Crippen LogP contribution in [0.1, 0.15) is 45.6 Å². The molecule has 5 nitrogen and oxygen atoms in total. The number of hydrogen-bond acceptors (Lipinski definition) is 5. The predicted molar refractivity (Wildman–Crippen MR) is 109 cm³/mol. The van der Waals surface area contributed by atoms with Crippen LogP contribution in [0.4, 0.5) is 0 Å². The molecule has 1 aromatic carbocycles. The van der Waals surface area contributed by atoms with Gasteiger partial charge in [0, 0.05) is 5.75 Å². The van der Waals surface area contributed by atoms with Crippen molar-refractivity contribution in [2.75, 3.05) is 19.5 Å². The van der Waals surface area contributed by atoms with Crippen LogP contribution < -0.4 is 4.74 Å². The fourth-order valence-corrected chi connectivity index (χ4v) is 4.73. The van der Waals surface area contributed by atoms with E-state index in [-0.39, 0.29) is 23.7 Å². The molecule has 0 unspecified atom stereocenters. The highest BCUT2D eigenvalue weighted by molar-refractivity contribution is 8.00. The van der Waals surface area contributed by atoms with Crippen LogP contribution >= 0.6 is 11.8 Å². The summed E-state index contributed by atoms with van der Waals surface area (Å²) < 4.78 is 10.6. The molecule has 0 saturated carbocycles. The van der Waals surface area contributed by atoms with E-state index in [0.29, 0.717) is 18.3 Å². The lowest BCUT2D eigenvalue weighted by molar-refractivity contribution is -0.154. The number of unbranched alkanes of at least 4 members (excludes halogenated alkanes) is 1. The van der Waals surface area contributed by atoms with Gasteiger partial charge in [-0.15, -0.1) is 11.8 Å². The summed E-state index contributed by atoms with van der Waals surface area (Å²) >= 11 is 1.68. The number of benzene rings is 1. The maximum Gasteiger partial charge on any atom is 0.329 e. The van der Waals surface area contributed by atoms with Crippen LogP contribution in [-0.4, -0.2) is 47.7 Å². The maximum absolute atomic E-state index is 13.1. The predicted octanol–water partition coefficient (Wildman–Crippen LogP) is 3.90. The number of esters is 1. The number of carbonyl (C=O) groups excluding carboxylic acids is 2. The normalized spacial score (nSPS) is 19.4. The molecule has 0 N–H and O–H groups in total. The third kappa shape index (κ3) is 6.16. The van der Waals surface area contributed by atoms with Crippen molar-refractivity contribution >= 4 is 23.6 Å². The minimum Gasteiger partial charge on any atom is -0.497 e. The monoisotopic (exact) mass is 393 g/mol. The van der Waals surface area contributed by atoms with Gasteiger partial charge in [-0.1, -0.05) is 39.3 Å². The molecule has 0 aromatic heterocycles. The highest BCUT2D eigenvalue weighted by Gasteiger charge is 2.42. The van der Waals surface area contributed by atoms with Gasteiger partial charge in [0.1, 0.15) is 11.8 Å². The van der Waals surface area contributed by atoms with E-state index in [9.17, 15) is 9.59 Å². The highest BCUT2D eigenvalue weighted by Crippen LogP contribution is 2.34. The van der Waals surface area contributed by atoms with Crippen molar-refractivity contribution in [3.63, 3.8) is 0 Å². The maximum atomic E-state index is 13.1. The lowest BCUT2D eigenvalue weighted by Crippen LogP contribution is -2.47. The van der Waals surface area contributed by atoms with Crippen LogP contribution in [0.2, 0.25) is 0 Å². The lowest BCUT2D eigenvalue weighted by atomic mass is 10.1. The summed E-state index contributed by atoms with van der Waals surface area (Å²) in [5, 5.41) is 0.0273. The Kier molecular flexibility index (Phi) is 8.48. The summed E-state index contributed by atoms with van der Waals surface area (Å²) in [4.78, 5) is 27.4. The largest absolute Gasteiger partial charge is 0.497 e. The number of hydrogen-bond donors (Lipinski definition) is 0. The Labute approximate surface area is 166 Å². The third-order valence-corrected chi connectivity index (χ3v) is 5.89. The van der Waals surface area contributed by atoms with E-state index in [1.807, 2.05) is 24.3 Å². The highest BCUT2D eigenvalue weighted by atomic mass is 32.2. The zero-order valence-electron chi connectivity index (χ0n) is 16.8. The van der Waals surface area contributed by atoms with Crippen LogP contribution in [0.15, 0.2) is 24.3 Å². The standard InChI is InChI=1S/C21H31NO4S/c1-5-6-11-26-21(24)18-14-27-20(12-15(2)3)22(18)19(23)13-16-7-9-17(25-4)10-8-16/h7-10,15,18,20H,5-6,11-14H2,1-4H3/t18-,20-/m0/s1. The summed E-state index contributed by atoms with van der Waals surface area (Å²) in [7, 11) is 1.62. The van der Waals surface area contributed by atoms with E-state index in [1.54, 1.807) is 23.8 Å². The average molecular weight is 394 g/mol. The summed E-state index contributed by atoms with van der Waals surface area (Å²) in [5.41, 5.74) is 0.916. The SMILES string of the molecule is CCCCOC(=O)[C@@H]1CS[C@@H](CC(C)C)N1C(=O)Cc1ccc(OC)cc1. The molecule has 150 valence electrons. The number of amides is 1. The molecule has 6 heteroatoms. The number of nitrogens with zero attached hydrogens (tertiary/aromatic N) is 1. The third-order valence-electron chi connectivity index (χ3n) is 4.58. The van der Waals surface area contributed by atoms with Crippen LogP contribution in [0, 0.1) is 5.92 Å². The Bertz CT molecular complexity index is 617. The van der Waals surface area contributed by atoms with Gasteiger partial charge in [-0.2, -0.15) is 0 Å². The van der Waals surface area contributed by atoms with Crippen LogP contribution in [0.3, 0.4) is 0 Å². The molecular weight excluding hydrogens is 362 g/mol. The van der Waals surface area contributed by atoms with Gasteiger partial charge in [0.15, 0.2) is 0 Å². The van der Waals surface area contributed by atoms with E-state index < -0.39 is 6.04 Å². The van der Waals surface area contributed by atoms with Gasteiger partial charge in [0.2, 0.25) is 5.91 Å². The van der Waals surface area contributed by atoms with Crippen molar-refractivity contribution in [3.05, 3.63) is 29.8 Å². The van der Waals surface area contributed by atoms with Crippen molar-refractivity contribution in [2.24, 2.45) is 5.92 Å². The van der Waals surface area contributed by atoms with Crippen LogP contribution in [0.5, 0.6) is 5.75 Å². The second-order valence-electron chi connectivity index (χ2n) is 7.28. The number of methoxy groups -OCH3 is 1. The Morgan fingerprint density at radius 2 is 1.96 bits per heavy atom. The molecular formula is C21H31NO4S. The number of carbonyl (C=O) groups is 2. The first kappa shape index (κ1) is 21.6. The molecule has 1 saturated heterocycles. The molecule has 0 spiro atoms.